The van der Waals surface area contributed by atoms with Crippen LogP contribution in [-0.2, 0) is 21.3 Å². The summed E-state index contributed by atoms with van der Waals surface area (Å²) in [5, 5.41) is 2.51. The van der Waals surface area contributed by atoms with Gasteiger partial charge in [-0.2, -0.15) is 8.42 Å². The Kier molecular flexibility index (Phi) is 4.73. The molecule has 0 fully saturated rings. The van der Waals surface area contributed by atoms with Crippen LogP contribution in [0.15, 0.2) is 36.5 Å². The van der Waals surface area contributed by atoms with E-state index in [4.69, 9.17) is 9.29 Å². The Labute approximate surface area is 145 Å². The van der Waals surface area contributed by atoms with Gasteiger partial charge in [0.15, 0.2) is 0 Å². The van der Waals surface area contributed by atoms with Gasteiger partial charge in [-0.3, -0.25) is 9.35 Å². The van der Waals surface area contributed by atoms with Crippen molar-refractivity contribution in [2.45, 2.75) is 19.3 Å². The molecule has 0 radical (unpaired) electrons. The summed E-state index contributed by atoms with van der Waals surface area (Å²) in [6.07, 6.45) is 2.35. The molecule has 7 nitrogen and oxygen atoms in total. The summed E-state index contributed by atoms with van der Waals surface area (Å²) in [6, 6.07) is 9.33. The summed E-state index contributed by atoms with van der Waals surface area (Å²) in [5.41, 5.74) is 2.76. The first kappa shape index (κ1) is 17.4. The van der Waals surface area contributed by atoms with Crippen LogP contribution in [0.2, 0.25) is 0 Å². The average Bonchev–Trinajstić information content (AvgIpc) is 2.57. The minimum absolute atomic E-state index is 0.130. The third kappa shape index (κ3) is 4.15. The lowest BCUT2D eigenvalue weighted by molar-refractivity contribution is -0.122. The molecule has 8 heteroatoms. The van der Waals surface area contributed by atoms with Gasteiger partial charge in [-0.15, -0.1) is 0 Å². The molecule has 2 aromatic rings. The summed E-state index contributed by atoms with van der Waals surface area (Å²) in [6.45, 7) is 1.61. The van der Waals surface area contributed by atoms with E-state index in [-0.39, 0.29) is 12.5 Å². The SMILES string of the molecule is CC(C(=O)NCCS(=O)(=O)O)c1ccc2c(c1)Cc1cccnc1O2. The fraction of sp³-hybridized carbons (Fsp3) is 0.294. The fourth-order valence-corrected chi connectivity index (χ4v) is 3.03. The second-order valence-electron chi connectivity index (χ2n) is 5.91. The van der Waals surface area contributed by atoms with Crippen LogP contribution < -0.4 is 10.1 Å². The van der Waals surface area contributed by atoms with Crippen LogP contribution in [0, 0.1) is 0 Å². The normalized spacial score (nSPS) is 14.0. The average molecular weight is 362 g/mol. The molecule has 1 aromatic heterocycles. The van der Waals surface area contributed by atoms with Crippen LogP contribution in [-0.4, -0.2) is 36.2 Å². The van der Waals surface area contributed by atoms with Gasteiger partial charge in [0.1, 0.15) is 5.75 Å². The van der Waals surface area contributed by atoms with E-state index in [2.05, 4.69) is 10.3 Å². The number of ether oxygens (including phenoxy) is 1. The molecule has 1 unspecified atom stereocenters. The number of aromatic nitrogens is 1. The fourth-order valence-electron chi connectivity index (χ4n) is 2.67. The topological polar surface area (TPSA) is 106 Å². The van der Waals surface area contributed by atoms with Crippen LogP contribution >= 0.6 is 0 Å². The van der Waals surface area contributed by atoms with Crippen LogP contribution in [0.1, 0.15) is 29.5 Å². The van der Waals surface area contributed by atoms with Gasteiger partial charge in [0.2, 0.25) is 11.8 Å². The van der Waals surface area contributed by atoms with E-state index < -0.39 is 21.8 Å². The second-order valence-corrected chi connectivity index (χ2v) is 7.48. The van der Waals surface area contributed by atoms with Gasteiger partial charge in [-0.25, -0.2) is 4.98 Å². The minimum Gasteiger partial charge on any atom is -0.438 e. The number of amides is 1. The molecule has 0 spiro atoms. The van der Waals surface area contributed by atoms with Crippen molar-refractivity contribution in [3.63, 3.8) is 0 Å². The monoisotopic (exact) mass is 362 g/mol. The van der Waals surface area contributed by atoms with Crippen molar-refractivity contribution < 1.29 is 22.5 Å². The van der Waals surface area contributed by atoms with E-state index in [0.717, 1.165) is 16.7 Å². The van der Waals surface area contributed by atoms with Crippen molar-refractivity contribution in [1.82, 2.24) is 10.3 Å². The zero-order chi connectivity index (χ0) is 18.0. The first-order chi connectivity index (χ1) is 11.8. The van der Waals surface area contributed by atoms with Crippen molar-refractivity contribution in [2.75, 3.05) is 12.3 Å². The third-order valence-electron chi connectivity index (χ3n) is 4.07. The van der Waals surface area contributed by atoms with Gasteiger partial charge in [0.25, 0.3) is 10.1 Å². The summed E-state index contributed by atoms with van der Waals surface area (Å²) >= 11 is 0. The maximum atomic E-state index is 12.2. The molecular formula is C17H18N2O5S. The molecule has 1 aliphatic rings. The van der Waals surface area contributed by atoms with Crippen LogP contribution in [0.4, 0.5) is 0 Å². The van der Waals surface area contributed by atoms with E-state index >= 15 is 0 Å². The van der Waals surface area contributed by atoms with Crippen molar-refractivity contribution in [3.8, 4) is 11.6 Å². The number of rotatable bonds is 5. The van der Waals surface area contributed by atoms with Crippen LogP contribution in [0.5, 0.6) is 11.6 Å². The highest BCUT2D eigenvalue weighted by molar-refractivity contribution is 7.85. The number of nitrogens with zero attached hydrogens (tertiary/aromatic N) is 1. The highest BCUT2D eigenvalue weighted by atomic mass is 32.2. The zero-order valence-corrected chi connectivity index (χ0v) is 14.4. The third-order valence-corrected chi connectivity index (χ3v) is 4.79. The van der Waals surface area contributed by atoms with E-state index in [1.165, 1.54) is 0 Å². The Bertz CT molecular complexity index is 911. The molecule has 0 aliphatic carbocycles. The van der Waals surface area contributed by atoms with Crippen molar-refractivity contribution in [2.24, 2.45) is 0 Å². The predicted octanol–water partition coefficient (Wildman–Crippen LogP) is 1.89. The zero-order valence-electron chi connectivity index (χ0n) is 13.6. The summed E-state index contributed by atoms with van der Waals surface area (Å²) in [7, 11) is -4.09. The van der Waals surface area contributed by atoms with Crippen molar-refractivity contribution >= 4 is 16.0 Å². The largest absolute Gasteiger partial charge is 0.438 e. The Morgan fingerprint density at radius 2 is 2.16 bits per heavy atom. The molecule has 132 valence electrons. The standard InChI is InChI=1S/C17H18N2O5S/c1-11(16(20)18-7-8-25(21,22)23)12-4-5-15-14(9-12)10-13-3-2-6-19-17(13)24-15/h2-6,9,11H,7-8,10H2,1H3,(H,18,20)(H,21,22,23). The molecule has 3 rings (SSSR count). The molecule has 1 aromatic carbocycles. The molecular weight excluding hydrogens is 344 g/mol. The van der Waals surface area contributed by atoms with Gasteiger partial charge in [-0.1, -0.05) is 18.2 Å². The van der Waals surface area contributed by atoms with Gasteiger partial charge in [-0.05, 0) is 30.2 Å². The quantitative estimate of drug-likeness (QED) is 0.672. The van der Waals surface area contributed by atoms with Crippen molar-refractivity contribution in [1.29, 1.82) is 0 Å². The second kappa shape index (κ2) is 6.81. The smallest absolute Gasteiger partial charge is 0.266 e. The summed E-state index contributed by atoms with van der Waals surface area (Å²) in [4.78, 5) is 16.4. The number of pyridine rings is 1. The van der Waals surface area contributed by atoms with Crippen LogP contribution in [0.25, 0.3) is 0 Å². The van der Waals surface area contributed by atoms with E-state index in [1.807, 2.05) is 24.3 Å². The summed E-state index contributed by atoms with van der Waals surface area (Å²) < 4.78 is 35.9. The van der Waals surface area contributed by atoms with E-state index in [9.17, 15) is 13.2 Å². The van der Waals surface area contributed by atoms with Crippen molar-refractivity contribution in [3.05, 3.63) is 53.2 Å². The first-order valence-electron chi connectivity index (χ1n) is 7.81. The number of carbonyl (C=O) groups is 1. The molecule has 2 N–H and O–H groups in total. The lowest BCUT2D eigenvalue weighted by atomic mass is 9.94. The Hall–Kier alpha value is -2.45. The minimum atomic E-state index is -4.09. The van der Waals surface area contributed by atoms with E-state index in [0.29, 0.717) is 18.1 Å². The maximum absolute atomic E-state index is 12.2. The molecule has 1 aliphatic heterocycles. The Morgan fingerprint density at radius 3 is 2.92 bits per heavy atom. The maximum Gasteiger partial charge on any atom is 0.266 e. The lowest BCUT2D eigenvalue weighted by Crippen LogP contribution is -2.32. The number of carbonyl (C=O) groups excluding carboxylic acids is 1. The van der Waals surface area contributed by atoms with Gasteiger partial charge < -0.3 is 10.1 Å². The lowest BCUT2D eigenvalue weighted by Gasteiger charge is -2.21. The molecule has 0 saturated heterocycles. The highest BCUT2D eigenvalue weighted by Crippen LogP contribution is 2.36. The number of nitrogens with one attached hydrogen (secondary N) is 1. The molecule has 0 bridgehead atoms. The Morgan fingerprint density at radius 1 is 1.36 bits per heavy atom. The number of hydrogen-bond acceptors (Lipinski definition) is 5. The van der Waals surface area contributed by atoms with Gasteiger partial charge in [0, 0.05) is 24.7 Å². The molecule has 0 saturated carbocycles. The number of fused-ring (bicyclic) bond motifs is 2. The Balaban J connectivity index is 1.71. The van der Waals surface area contributed by atoms with Gasteiger partial charge >= 0.3 is 0 Å². The van der Waals surface area contributed by atoms with Gasteiger partial charge in [0.05, 0.1) is 11.7 Å². The molecule has 1 atom stereocenters. The number of hydrogen-bond donors (Lipinski definition) is 2. The summed E-state index contributed by atoms with van der Waals surface area (Å²) in [5.74, 6) is 0.0462. The van der Waals surface area contributed by atoms with E-state index in [1.54, 1.807) is 19.2 Å². The highest BCUT2D eigenvalue weighted by Gasteiger charge is 2.21. The first-order valence-corrected chi connectivity index (χ1v) is 9.42. The number of benzene rings is 1. The molecule has 25 heavy (non-hydrogen) atoms. The van der Waals surface area contributed by atoms with Crippen LogP contribution in [0.3, 0.4) is 0 Å². The molecule has 1 amide bonds. The molecule has 2 heterocycles. The predicted molar refractivity (Wildman–Crippen MR) is 91.4 cm³/mol.